The number of hydrogen-bond donors (Lipinski definition) is 0. The SMILES string of the molecule is O=C(CCn1cnc2sccc2c1=O)N1CCC[C@@H]1Cc1ccccc1. The van der Waals surface area contributed by atoms with E-state index in [1.165, 1.54) is 16.9 Å². The first kappa shape index (κ1) is 17.0. The van der Waals surface area contributed by atoms with E-state index in [0.29, 0.717) is 18.4 Å². The van der Waals surface area contributed by atoms with Gasteiger partial charge in [0.05, 0.1) is 11.7 Å². The van der Waals surface area contributed by atoms with Crippen LogP contribution in [0.15, 0.2) is 52.9 Å². The fourth-order valence-electron chi connectivity index (χ4n) is 3.67. The highest BCUT2D eigenvalue weighted by Crippen LogP contribution is 2.22. The zero-order valence-corrected chi connectivity index (χ0v) is 15.3. The van der Waals surface area contributed by atoms with Crippen molar-refractivity contribution in [3.63, 3.8) is 0 Å². The summed E-state index contributed by atoms with van der Waals surface area (Å²) in [6.45, 7) is 1.19. The molecule has 0 unspecified atom stereocenters. The summed E-state index contributed by atoms with van der Waals surface area (Å²) in [5.41, 5.74) is 1.20. The average molecular weight is 367 g/mol. The number of carbonyl (C=O) groups excluding carboxylic acids is 1. The van der Waals surface area contributed by atoms with Gasteiger partial charge in [-0.15, -0.1) is 11.3 Å². The first-order valence-corrected chi connectivity index (χ1v) is 9.86. The molecule has 1 saturated heterocycles. The first-order chi connectivity index (χ1) is 12.7. The van der Waals surface area contributed by atoms with E-state index in [4.69, 9.17) is 0 Å². The summed E-state index contributed by atoms with van der Waals surface area (Å²) in [5, 5.41) is 2.50. The number of aryl methyl sites for hydroxylation is 1. The van der Waals surface area contributed by atoms with Gasteiger partial charge in [0.25, 0.3) is 5.56 Å². The molecule has 134 valence electrons. The highest BCUT2D eigenvalue weighted by atomic mass is 32.1. The fraction of sp³-hybridized carbons (Fsp3) is 0.350. The number of rotatable bonds is 5. The lowest BCUT2D eigenvalue weighted by Crippen LogP contribution is -2.37. The minimum atomic E-state index is -0.0636. The molecule has 3 heterocycles. The van der Waals surface area contributed by atoms with Crippen LogP contribution in [-0.4, -0.2) is 32.9 Å². The quantitative estimate of drug-likeness (QED) is 0.696. The number of thiophene rings is 1. The summed E-state index contributed by atoms with van der Waals surface area (Å²) in [7, 11) is 0. The summed E-state index contributed by atoms with van der Waals surface area (Å²) < 4.78 is 1.55. The van der Waals surface area contributed by atoms with Gasteiger partial charge >= 0.3 is 0 Å². The van der Waals surface area contributed by atoms with Gasteiger partial charge in [-0.3, -0.25) is 14.2 Å². The van der Waals surface area contributed by atoms with Gasteiger partial charge in [-0.05, 0) is 36.3 Å². The Morgan fingerprint density at radius 1 is 1.23 bits per heavy atom. The Bertz CT molecular complexity index is 964. The van der Waals surface area contributed by atoms with E-state index in [-0.39, 0.29) is 17.5 Å². The van der Waals surface area contributed by atoms with E-state index in [1.54, 1.807) is 17.0 Å². The van der Waals surface area contributed by atoms with Crippen molar-refractivity contribution in [2.75, 3.05) is 6.54 Å². The van der Waals surface area contributed by atoms with Crippen molar-refractivity contribution >= 4 is 27.5 Å². The van der Waals surface area contributed by atoms with E-state index in [2.05, 4.69) is 17.1 Å². The standard InChI is InChI=1S/C20H21N3O2S/c24-18(8-11-22-14-21-19-17(20(22)25)9-12-26-19)23-10-4-7-16(23)13-15-5-2-1-3-6-15/h1-3,5-6,9,12,14,16H,4,7-8,10-11,13H2/t16-/m1/s1. The molecule has 2 aromatic heterocycles. The molecular formula is C20H21N3O2S. The third-order valence-corrected chi connectivity index (χ3v) is 5.85. The van der Waals surface area contributed by atoms with Crippen LogP contribution in [0.25, 0.3) is 10.2 Å². The molecule has 0 spiro atoms. The van der Waals surface area contributed by atoms with Crippen LogP contribution in [0.4, 0.5) is 0 Å². The lowest BCUT2D eigenvalue weighted by Gasteiger charge is -2.25. The molecule has 6 heteroatoms. The molecule has 0 radical (unpaired) electrons. The molecule has 0 N–H and O–H groups in total. The number of likely N-dealkylation sites (tertiary alicyclic amines) is 1. The maximum atomic E-state index is 12.7. The van der Waals surface area contributed by atoms with Crippen LogP contribution in [0.2, 0.25) is 0 Å². The van der Waals surface area contributed by atoms with Crippen LogP contribution in [0.1, 0.15) is 24.8 Å². The second kappa shape index (κ2) is 7.41. The van der Waals surface area contributed by atoms with Crippen LogP contribution in [0.3, 0.4) is 0 Å². The molecule has 1 aliphatic heterocycles. The monoisotopic (exact) mass is 367 g/mol. The molecule has 3 aromatic rings. The largest absolute Gasteiger partial charge is 0.339 e. The van der Waals surface area contributed by atoms with Crippen LogP contribution in [0.5, 0.6) is 0 Å². The smallest absolute Gasteiger partial charge is 0.262 e. The van der Waals surface area contributed by atoms with Crippen LogP contribution >= 0.6 is 11.3 Å². The molecule has 4 rings (SSSR count). The molecule has 1 aromatic carbocycles. The van der Waals surface area contributed by atoms with Crippen molar-refractivity contribution in [2.24, 2.45) is 0 Å². The Morgan fingerprint density at radius 3 is 2.92 bits per heavy atom. The maximum absolute atomic E-state index is 12.7. The number of nitrogens with zero attached hydrogens (tertiary/aromatic N) is 3. The summed E-state index contributed by atoms with van der Waals surface area (Å²) in [6.07, 6.45) is 4.88. The Hall–Kier alpha value is -2.47. The molecular weight excluding hydrogens is 346 g/mol. The molecule has 5 nitrogen and oxygen atoms in total. The number of amides is 1. The van der Waals surface area contributed by atoms with Crippen molar-refractivity contribution in [1.29, 1.82) is 0 Å². The molecule has 26 heavy (non-hydrogen) atoms. The van der Waals surface area contributed by atoms with Crippen molar-refractivity contribution in [2.45, 2.75) is 38.3 Å². The number of aromatic nitrogens is 2. The third-order valence-electron chi connectivity index (χ3n) is 5.03. The number of fused-ring (bicyclic) bond motifs is 1. The van der Waals surface area contributed by atoms with Gasteiger partial charge in [-0.25, -0.2) is 4.98 Å². The maximum Gasteiger partial charge on any atom is 0.262 e. The van der Waals surface area contributed by atoms with E-state index in [1.807, 2.05) is 28.5 Å². The number of hydrogen-bond acceptors (Lipinski definition) is 4. The third kappa shape index (κ3) is 3.42. The van der Waals surface area contributed by atoms with Gasteiger partial charge in [0.2, 0.25) is 5.91 Å². The zero-order chi connectivity index (χ0) is 17.9. The highest BCUT2D eigenvalue weighted by molar-refractivity contribution is 7.16. The lowest BCUT2D eigenvalue weighted by molar-refractivity contribution is -0.132. The van der Waals surface area contributed by atoms with Crippen molar-refractivity contribution in [3.05, 3.63) is 64.0 Å². The van der Waals surface area contributed by atoms with Gasteiger partial charge in [0.15, 0.2) is 0 Å². The predicted molar refractivity (Wildman–Crippen MR) is 103 cm³/mol. The van der Waals surface area contributed by atoms with Crippen LogP contribution in [-0.2, 0) is 17.8 Å². The van der Waals surface area contributed by atoms with E-state index in [0.717, 1.165) is 30.6 Å². The second-order valence-corrected chi connectivity index (χ2v) is 7.60. The van der Waals surface area contributed by atoms with Crippen LogP contribution in [0, 0.1) is 0 Å². The molecule has 1 atom stereocenters. The second-order valence-electron chi connectivity index (χ2n) is 6.71. The van der Waals surface area contributed by atoms with Gasteiger partial charge < -0.3 is 4.90 Å². The first-order valence-electron chi connectivity index (χ1n) is 8.98. The van der Waals surface area contributed by atoms with E-state index in [9.17, 15) is 9.59 Å². The van der Waals surface area contributed by atoms with Crippen LogP contribution < -0.4 is 5.56 Å². The van der Waals surface area contributed by atoms with Crippen molar-refractivity contribution < 1.29 is 4.79 Å². The fourth-order valence-corrected chi connectivity index (χ4v) is 4.40. The highest BCUT2D eigenvalue weighted by Gasteiger charge is 2.28. The molecule has 0 saturated carbocycles. The normalized spacial score (nSPS) is 17.1. The Balaban J connectivity index is 1.42. The molecule has 1 fully saturated rings. The van der Waals surface area contributed by atoms with Gasteiger partial charge in [0, 0.05) is 25.6 Å². The van der Waals surface area contributed by atoms with Gasteiger partial charge in [-0.2, -0.15) is 0 Å². The molecule has 0 aliphatic carbocycles. The lowest BCUT2D eigenvalue weighted by atomic mass is 10.0. The molecule has 1 amide bonds. The summed E-state index contributed by atoms with van der Waals surface area (Å²) in [5.74, 6) is 0.126. The number of benzene rings is 1. The van der Waals surface area contributed by atoms with Gasteiger partial charge in [-0.1, -0.05) is 30.3 Å². The molecule has 1 aliphatic rings. The summed E-state index contributed by atoms with van der Waals surface area (Å²) >= 11 is 1.46. The number of carbonyl (C=O) groups is 1. The van der Waals surface area contributed by atoms with E-state index >= 15 is 0 Å². The topological polar surface area (TPSA) is 55.2 Å². The Kier molecular flexibility index (Phi) is 4.84. The Morgan fingerprint density at radius 2 is 2.08 bits per heavy atom. The van der Waals surface area contributed by atoms with Crippen molar-refractivity contribution in [1.82, 2.24) is 14.5 Å². The van der Waals surface area contributed by atoms with Gasteiger partial charge in [0.1, 0.15) is 4.83 Å². The molecule has 0 bridgehead atoms. The average Bonchev–Trinajstić information content (AvgIpc) is 3.31. The summed E-state index contributed by atoms with van der Waals surface area (Å²) in [4.78, 5) is 32.2. The predicted octanol–water partition coefficient (Wildman–Crippen LogP) is 3.08. The minimum Gasteiger partial charge on any atom is -0.339 e. The van der Waals surface area contributed by atoms with Crippen molar-refractivity contribution in [3.8, 4) is 0 Å². The Labute approximate surface area is 155 Å². The zero-order valence-electron chi connectivity index (χ0n) is 14.5. The minimum absolute atomic E-state index is 0.0636. The summed E-state index contributed by atoms with van der Waals surface area (Å²) in [6, 6.07) is 12.4. The van der Waals surface area contributed by atoms with E-state index < -0.39 is 0 Å².